The zero-order valence-electron chi connectivity index (χ0n) is 7.58. The predicted molar refractivity (Wildman–Crippen MR) is 55.4 cm³/mol. The van der Waals surface area contributed by atoms with Gasteiger partial charge in [-0.2, -0.15) is 5.10 Å². The van der Waals surface area contributed by atoms with Crippen LogP contribution in [0, 0.1) is 6.92 Å². The van der Waals surface area contributed by atoms with Gasteiger partial charge in [-0.15, -0.1) is 0 Å². The predicted octanol–water partition coefficient (Wildman–Crippen LogP) is 2.74. The number of aromatic amines is 1. The Morgan fingerprint density at radius 1 is 1.36 bits per heavy atom. The van der Waals surface area contributed by atoms with E-state index in [1.165, 1.54) is 0 Å². The first-order valence-electron chi connectivity index (χ1n) is 4.18. The highest BCUT2D eigenvalue weighted by Crippen LogP contribution is 2.35. The van der Waals surface area contributed by atoms with Crippen LogP contribution in [0.15, 0.2) is 24.4 Å². The molecule has 0 fully saturated rings. The van der Waals surface area contributed by atoms with Crippen LogP contribution in [-0.2, 0) is 0 Å². The Morgan fingerprint density at radius 2 is 2.14 bits per heavy atom. The average Bonchev–Trinajstić information content (AvgIpc) is 2.65. The van der Waals surface area contributed by atoms with Crippen LogP contribution in [0.3, 0.4) is 0 Å². The van der Waals surface area contributed by atoms with Crippen LogP contribution in [0.1, 0.15) is 5.56 Å². The lowest BCUT2D eigenvalue weighted by atomic mass is 10.1. The van der Waals surface area contributed by atoms with E-state index in [0.29, 0.717) is 5.02 Å². The molecule has 4 heteroatoms. The molecular formula is C10H9ClN2O. The largest absolute Gasteiger partial charge is 0.506 e. The zero-order chi connectivity index (χ0) is 10.1. The maximum atomic E-state index is 9.46. The van der Waals surface area contributed by atoms with E-state index in [-0.39, 0.29) is 5.75 Å². The summed E-state index contributed by atoms with van der Waals surface area (Å²) < 4.78 is 0. The van der Waals surface area contributed by atoms with Crippen molar-refractivity contribution in [3.8, 4) is 17.0 Å². The molecule has 2 aromatic rings. The number of rotatable bonds is 1. The van der Waals surface area contributed by atoms with Crippen molar-refractivity contribution in [1.29, 1.82) is 0 Å². The Morgan fingerprint density at radius 3 is 2.79 bits per heavy atom. The quantitative estimate of drug-likeness (QED) is 0.757. The van der Waals surface area contributed by atoms with Crippen molar-refractivity contribution in [1.82, 2.24) is 10.2 Å². The summed E-state index contributed by atoms with van der Waals surface area (Å²) in [6.07, 6.45) is 1.65. The van der Waals surface area contributed by atoms with Gasteiger partial charge < -0.3 is 5.11 Å². The number of hydrogen-bond donors (Lipinski definition) is 2. The van der Waals surface area contributed by atoms with Gasteiger partial charge >= 0.3 is 0 Å². The van der Waals surface area contributed by atoms with Crippen LogP contribution in [-0.4, -0.2) is 15.3 Å². The molecular weight excluding hydrogens is 200 g/mol. The number of nitrogens with one attached hydrogen (secondary N) is 1. The molecule has 1 aromatic heterocycles. The molecule has 0 bridgehead atoms. The minimum atomic E-state index is 0.0851. The van der Waals surface area contributed by atoms with Gasteiger partial charge in [0.05, 0.1) is 10.7 Å². The van der Waals surface area contributed by atoms with E-state index in [0.717, 1.165) is 16.8 Å². The maximum Gasteiger partial charge on any atom is 0.134 e. The van der Waals surface area contributed by atoms with Crippen LogP contribution in [0.5, 0.6) is 5.75 Å². The molecule has 1 aromatic carbocycles. The molecule has 0 atom stereocenters. The fourth-order valence-electron chi connectivity index (χ4n) is 1.39. The maximum absolute atomic E-state index is 9.46. The van der Waals surface area contributed by atoms with Crippen molar-refractivity contribution in [3.05, 3.63) is 35.0 Å². The molecule has 0 aliphatic carbocycles. The average molecular weight is 209 g/mol. The molecule has 2 rings (SSSR count). The van der Waals surface area contributed by atoms with E-state index in [1.54, 1.807) is 12.3 Å². The van der Waals surface area contributed by atoms with Crippen molar-refractivity contribution in [3.63, 3.8) is 0 Å². The molecule has 0 saturated carbocycles. The minimum absolute atomic E-state index is 0.0851. The number of H-pyrrole nitrogens is 1. The molecule has 14 heavy (non-hydrogen) atoms. The second-order valence-electron chi connectivity index (χ2n) is 3.06. The van der Waals surface area contributed by atoms with Crippen molar-refractivity contribution < 1.29 is 5.11 Å². The number of phenols is 1. The Hall–Kier alpha value is -1.48. The molecule has 0 amide bonds. The monoisotopic (exact) mass is 208 g/mol. The summed E-state index contributed by atoms with van der Waals surface area (Å²) in [5, 5.41) is 16.5. The number of benzene rings is 1. The van der Waals surface area contributed by atoms with Crippen LogP contribution in [0.25, 0.3) is 11.3 Å². The summed E-state index contributed by atoms with van der Waals surface area (Å²) >= 11 is 5.99. The number of aromatic hydroxyl groups is 1. The topological polar surface area (TPSA) is 48.9 Å². The fourth-order valence-corrected chi connectivity index (χ4v) is 1.70. The molecule has 0 saturated heterocycles. The second kappa shape index (κ2) is 3.35. The van der Waals surface area contributed by atoms with Crippen LogP contribution >= 0.6 is 11.6 Å². The summed E-state index contributed by atoms with van der Waals surface area (Å²) in [5.41, 5.74) is 2.60. The van der Waals surface area contributed by atoms with Gasteiger partial charge in [-0.05, 0) is 24.6 Å². The number of aryl methyl sites for hydroxylation is 1. The van der Waals surface area contributed by atoms with E-state index >= 15 is 0 Å². The first-order chi connectivity index (χ1) is 6.70. The second-order valence-corrected chi connectivity index (χ2v) is 3.44. The third kappa shape index (κ3) is 1.36. The molecule has 1 heterocycles. The molecule has 3 nitrogen and oxygen atoms in total. The Balaban J connectivity index is 2.69. The third-order valence-corrected chi connectivity index (χ3v) is 2.48. The van der Waals surface area contributed by atoms with Gasteiger partial charge in [0, 0.05) is 11.8 Å². The van der Waals surface area contributed by atoms with E-state index in [1.807, 2.05) is 19.1 Å². The smallest absolute Gasteiger partial charge is 0.134 e. The van der Waals surface area contributed by atoms with Gasteiger partial charge in [0.25, 0.3) is 0 Å². The minimum Gasteiger partial charge on any atom is -0.506 e. The molecule has 0 spiro atoms. The summed E-state index contributed by atoms with van der Waals surface area (Å²) in [5.74, 6) is 0.0851. The van der Waals surface area contributed by atoms with E-state index in [2.05, 4.69) is 10.2 Å². The number of nitrogens with zero attached hydrogens (tertiary/aromatic N) is 1. The lowest BCUT2D eigenvalue weighted by Crippen LogP contribution is -1.85. The van der Waals surface area contributed by atoms with Crippen LogP contribution < -0.4 is 0 Å². The van der Waals surface area contributed by atoms with Crippen LogP contribution in [0.4, 0.5) is 0 Å². The molecule has 2 N–H and O–H groups in total. The lowest BCUT2D eigenvalue weighted by molar-refractivity contribution is 0.475. The van der Waals surface area contributed by atoms with E-state index in [4.69, 9.17) is 11.6 Å². The molecule has 0 aliphatic rings. The number of aromatic nitrogens is 2. The molecule has 72 valence electrons. The number of hydrogen-bond acceptors (Lipinski definition) is 2. The summed E-state index contributed by atoms with van der Waals surface area (Å²) in [6, 6.07) is 5.21. The van der Waals surface area contributed by atoms with Gasteiger partial charge in [-0.3, -0.25) is 5.10 Å². The first-order valence-corrected chi connectivity index (χ1v) is 4.56. The van der Waals surface area contributed by atoms with Crippen molar-refractivity contribution in [2.45, 2.75) is 6.92 Å². The highest BCUT2D eigenvalue weighted by atomic mass is 35.5. The SMILES string of the molecule is Cc1ccc(O)c(Cl)c1-c1ccn[nH]1. The Labute approximate surface area is 86.3 Å². The van der Waals surface area contributed by atoms with Gasteiger partial charge in [-0.1, -0.05) is 17.7 Å². The van der Waals surface area contributed by atoms with E-state index < -0.39 is 0 Å². The summed E-state index contributed by atoms with van der Waals surface area (Å²) in [6.45, 7) is 1.93. The summed E-state index contributed by atoms with van der Waals surface area (Å²) in [7, 11) is 0. The van der Waals surface area contributed by atoms with Crippen molar-refractivity contribution in [2.24, 2.45) is 0 Å². The zero-order valence-corrected chi connectivity index (χ0v) is 8.34. The standard InChI is InChI=1S/C10H9ClN2O/c1-6-2-3-8(14)10(11)9(6)7-4-5-12-13-7/h2-5,14H,1H3,(H,12,13). The Bertz CT molecular complexity index is 451. The Kier molecular flexibility index (Phi) is 2.17. The number of phenolic OH excluding ortho intramolecular Hbond substituents is 1. The molecule has 0 aliphatic heterocycles. The van der Waals surface area contributed by atoms with Gasteiger partial charge in [0.1, 0.15) is 5.75 Å². The van der Waals surface area contributed by atoms with E-state index in [9.17, 15) is 5.11 Å². The number of halogens is 1. The molecule has 0 radical (unpaired) electrons. The third-order valence-electron chi connectivity index (χ3n) is 2.10. The first kappa shape index (κ1) is 9.09. The lowest BCUT2D eigenvalue weighted by Gasteiger charge is -2.07. The van der Waals surface area contributed by atoms with Gasteiger partial charge in [-0.25, -0.2) is 0 Å². The van der Waals surface area contributed by atoms with Crippen molar-refractivity contribution >= 4 is 11.6 Å². The normalized spacial score (nSPS) is 10.4. The van der Waals surface area contributed by atoms with Gasteiger partial charge in [0.2, 0.25) is 0 Å². The fraction of sp³-hybridized carbons (Fsp3) is 0.100. The van der Waals surface area contributed by atoms with Crippen molar-refractivity contribution in [2.75, 3.05) is 0 Å². The van der Waals surface area contributed by atoms with Gasteiger partial charge in [0.15, 0.2) is 0 Å². The summed E-state index contributed by atoms with van der Waals surface area (Å²) in [4.78, 5) is 0. The van der Waals surface area contributed by atoms with Crippen LogP contribution in [0.2, 0.25) is 5.02 Å². The highest BCUT2D eigenvalue weighted by molar-refractivity contribution is 6.34. The molecule has 0 unspecified atom stereocenters. The highest BCUT2D eigenvalue weighted by Gasteiger charge is 2.11.